The number of aryl methyl sites for hydroxylation is 1. The zero-order valence-electron chi connectivity index (χ0n) is 13.0. The minimum Gasteiger partial charge on any atom is -0.381 e. The molecule has 6 heteroatoms. The van der Waals surface area contributed by atoms with E-state index in [1.807, 2.05) is 37.3 Å². The summed E-state index contributed by atoms with van der Waals surface area (Å²) in [6.07, 6.45) is 1.81. The maximum Gasteiger partial charge on any atom is 0.253 e. The molecule has 0 amide bonds. The standard InChI is InChI=1S/C18H15ClN4O/c1-10-14-9-21-23-17(14)5-4-15(10)20-8-12-6-11-7-13(19)2-3-16(11)22-18(12)24/h2-7,9,20H,8H2,1H3,(H,21,23)(H,22,24). The number of aromatic amines is 2. The fourth-order valence-electron chi connectivity index (χ4n) is 2.89. The monoisotopic (exact) mass is 338 g/mol. The van der Waals surface area contributed by atoms with Crippen LogP contribution in [0.25, 0.3) is 21.8 Å². The third-order valence-corrected chi connectivity index (χ3v) is 4.48. The second-order valence-electron chi connectivity index (χ2n) is 5.78. The fraction of sp³-hybridized carbons (Fsp3) is 0.111. The highest BCUT2D eigenvalue weighted by Gasteiger charge is 2.07. The molecule has 0 saturated carbocycles. The van der Waals surface area contributed by atoms with Crippen molar-refractivity contribution in [2.75, 3.05) is 5.32 Å². The van der Waals surface area contributed by atoms with Crippen molar-refractivity contribution < 1.29 is 0 Å². The lowest BCUT2D eigenvalue weighted by Gasteiger charge is -2.10. The quantitative estimate of drug-likeness (QED) is 0.529. The number of halogens is 1. The first-order valence-corrected chi connectivity index (χ1v) is 7.97. The number of nitrogens with zero attached hydrogens (tertiary/aromatic N) is 1. The van der Waals surface area contributed by atoms with Gasteiger partial charge in [0.05, 0.1) is 11.7 Å². The van der Waals surface area contributed by atoms with Crippen molar-refractivity contribution in [3.63, 3.8) is 0 Å². The number of anilines is 1. The van der Waals surface area contributed by atoms with Gasteiger partial charge in [0.1, 0.15) is 0 Å². The van der Waals surface area contributed by atoms with Gasteiger partial charge in [-0.05, 0) is 48.9 Å². The Hall–Kier alpha value is -2.79. The zero-order valence-corrected chi connectivity index (χ0v) is 13.7. The summed E-state index contributed by atoms with van der Waals surface area (Å²) >= 11 is 6.03. The summed E-state index contributed by atoms with van der Waals surface area (Å²) in [5.74, 6) is 0. The summed E-state index contributed by atoms with van der Waals surface area (Å²) in [6, 6.07) is 11.3. The van der Waals surface area contributed by atoms with Crippen LogP contribution in [0.1, 0.15) is 11.1 Å². The maximum absolute atomic E-state index is 12.3. The lowest BCUT2D eigenvalue weighted by atomic mass is 10.1. The molecular formula is C18H15ClN4O. The Morgan fingerprint density at radius 1 is 1.17 bits per heavy atom. The van der Waals surface area contributed by atoms with Crippen LogP contribution in [0.15, 0.2) is 47.4 Å². The summed E-state index contributed by atoms with van der Waals surface area (Å²) in [5, 5.41) is 13.0. The molecule has 0 radical (unpaired) electrons. The number of nitrogens with one attached hydrogen (secondary N) is 3. The molecule has 2 aromatic carbocycles. The smallest absolute Gasteiger partial charge is 0.253 e. The molecule has 0 aliphatic carbocycles. The van der Waals surface area contributed by atoms with Crippen molar-refractivity contribution in [2.24, 2.45) is 0 Å². The first kappa shape index (κ1) is 14.8. The van der Waals surface area contributed by atoms with E-state index in [2.05, 4.69) is 20.5 Å². The number of pyridine rings is 1. The van der Waals surface area contributed by atoms with Crippen LogP contribution in [-0.4, -0.2) is 15.2 Å². The Kier molecular flexibility index (Phi) is 3.50. The van der Waals surface area contributed by atoms with Gasteiger partial charge in [-0.2, -0.15) is 5.10 Å². The molecule has 0 atom stereocenters. The van der Waals surface area contributed by atoms with E-state index >= 15 is 0 Å². The third kappa shape index (κ3) is 2.53. The van der Waals surface area contributed by atoms with Gasteiger partial charge in [0.2, 0.25) is 0 Å². The predicted molar refractivity (Wildman–Crippen MR) is 97.7 cm³/mol. The van der Waals surface area contributed by atoms with Gasteiger partial charge in [-0.3, -0.25) is 9.89 Å². The Bertz CT molecular complexity index is 1110. The van der Waals surface area contributed by atoms with Crippen molar-refractivity contribution >= 4 is 39.1 Å². The molecule has 0 aliphatic rings. The highest BCUT2D eigenvalue weighted by atomic mass is 35.5. The van der Waals surface area contributed by atoms with Crippen LogP contribution >= 0.6 is 11.6 Å². The van der Waals surface area contributed by atoms with Crippen LogP contribution in [0.2, 0.25) is 5.02 Å². The summed E-state index contributed by atoms with van der Waals surface area (Å²) in [6.45, 7) is 2.46. The molecule has 120 valence electrons. The molecule has 2 aromatic heterocycles. The van der Waals surface area contributed by atoms with Crippen molar-refractivity contribution in [1.29, 1.82) is 0 Å². The van der Waals surface area contributed by atoms with Gasteiger partial charge in [0.25, 0.3) is 5.56 Å². The topological polar surface area (TPSA) is 73.6 Å². The van der Waals surface area contributed by atoms with E-state index in [0.717, 1.165) is 33.1 Å². The maximum atomic E-state index is 12.3. The summed E-state index contributed by atoms with van der Waals surface area (Å²) in [4.78, 5) is 15.1. The van der Waals surface area contributed by atoms with Crippen LogP contribution in [-0.2, 0) is 6.54 Å². The number of aromatic nitrogens is 3. The molecule has 0 aliphatic heterocycles. The molecule has 0 bridgehead atoms. The van der Waals surface area contributed by atoms with Gasteiger partial charge < -0.3 is 10.3 Å². The normalized spacial score (nSPS) is 11.2. The SMILES string of the molecule is Cc1c(NCc2cc3cc(Cl)ccc3[nH]c2=O)ccc2[nH]ncc12. The van der Waals surface area contributed by atoms with Crippen LogP contribution in [0.5, 0.6) is 0 Å². The van der Waals surface area contributed by atoms with E-state index in [9.17, 15) is 4.79 Å². The highest BCUT2D eigenvalue weighted by molar-refractivity contribution is 6.31. The van der Waals surface area contributed by atoms with E-state index in [4.69, 9.17) is 11.6 Å². The number of hydrogen-bond donors (Lipinski definition) is 3. The molecule has 0 fully saturated rings. The average molecular weight is 339 g/mol. The minimum absolute atomic E-state index is 0.0978. The molecule has 4 aromatic rings. The van der Waals surface area contributed by atoms with Crippen molar-refractivity contribution in [3.8, 4) is 0 Å². The van der Waals surface area contributed by atoms with Crippen molar-refractivity contribution in [2.45, 2.75) is 13.5 Å². The van der Waals surface area contributed by atoms with Crippen LogP contribution < -0.4 is 10.9 Å². The zero-order chi connectivity index (χ0) is 16.7. The molecule has 4 rings (SSSR count). The molecule has 3 N–H and O–H groups in total. The Balaban J connectivity index is 1.67. The van der Waals surface area contributed by atoms with Crippen molar-refractivity contribution in [1.82, 2.24) is 15.2 Å². The number of rotatable bonds is 3. The first-order chi connectivity index (χ1) is 11.6. The number of benzene rings is 2. The van der Waals surface area contributed by atoms with Gasteiger partial charge in [0, 0.05) is 39.1 Å². The van der Waals surface area contributed by atoms with Gasteiger partial charge in [-0.15, -0.1) is 0 Å². The molecular weight excluding hydrogens is 324 g/mol. The van der Waals surface area contributed by atoms with Gasteiger partial charge in [-0.25, -0.2) is 0 Å². The second kappa shape index (κ2) is 5.69. The van der Waals surface area contributed by atoms with E-state index in [1.54, 1.807) is 12.3 Å². The van der Waals surface area contributed by atoms with E-state index in [1.165, 1.54) is 0 Å². The Morgan fingerprint density at radius 3 is 2.88 bits per heavy atom. The van der Waals surface area contributed by atoms with Gasteiger partial charge >= 0.3 is 0 Å². The molecule has 0 unspecified atom stereocenters. The number of fused-ring (bicyclic) bond motifs is 2. The molecule has 0 saturated heterocycles. The number of H-pyrrole nitrogens is 2. The van der Waals surface area contributed by atoms with E-state index in [0.29, 0.717) is 17.1 Å². The predicted octanol–water partition coefficient (Wildman–Crippen LogP) is 3.98. The fourth-order valence-corrected chi connectivity index (χ4v) is 3.08. The third-order valence-electron chi connectivity index (χ3n) is 4.25. The Labute approximate surface area is 142 Å². The van der Waals surface area contributed by atoms with Gasteiger partial charge in [-0.1, -0.05) is 11.6 Å². The lowest BCUT2D eigenvalue weighted by molar-refractivity contribution is 1.09. The first-order valence-electron chi connectivity index (χ1n) is 7.60. The lowest BCUT2D eigenvalue weighted by Crippen LogP contribution is -2.15. The highest BCUT2D eigenvalue weighted by Crippen LogP contribution is 2.24. The molecule has 0 spiro atoms. The van der Waals surface area contributed by atoms with Crippen LogP contribution in [0.4, 0.5) is 5.69 Å². The second-order valence-corrected chi connectivity index (χ2v) is 6.21. The average Bonchev–Trinajstić information content (AvgIpc) is 3.04. The van der Waals surface area contributed by atoms with Crippen LogP contribution in [0.3, 0.4) is 0 Å². The summed E-state index contributed by atoms with van der Waals surface area (Å²) in [5.41, 5.74) is 4.42. The van der Waals surface area contributed by atoms with Crippen molar-refractivity contribution in [3.05, 3.63) is 69.1 Å². The summed E-state index contributed by atoms with van der Waals surface area (Å²) < 4.78 is 0. The molecule has 5 nitrogen and oxygen atoms in total. The molecule has 24 heavy (non-hydrogen) atoms. The largest absolute Gasteiger partial charge is 0.381 e. The molecule has 2 heterocycles. The van der Waals surface area contributed by atoms with E-state index in [-0.39, 0.29) is 5.56 Å². The Morgan fingerprint density at radius 2 is 2.00 bits per heavy atom. The van der Waals surface area contributed by atoms with E-state index < -0.39 is 0 Å². The minimum atomic E-state index is -0.0978. The van der Waals surface area contributed by atoms with Crippen LogP contribution in [0, 0.1) is 6.92 Å². The van der Waals surface area contributed by atoms with Gasteiger partial charge in [0.15, 0.2) is 0 Å². The summed E-state index contributed by atoms with van der Waals surface area (Å²) in [7, 11) is 0. The number of hydrogen-bond acceptors (Lipinski definition) is 3.